The maximum Gasteiger partial charge on any atom is 0.250 e. The monoisotopic (exact) mass is 646 g/mol. The van der Waals surface area contributed by atoms with Gasteiger partial charge in [-0.25, -0.2) is 0 Å². The van der Waals surface area contributed by atoms with Crippen LogP contribution in [0.3, 0.4) is 0 Å². The summed E-state index contributed by atoms with van der Waals surface area (Å²) in [4.78, 5) is 39.9. The molecule has 0 aliphatic rings. The maximum absolute atomic E-state index is 14.2. The molecule has 0 aliphatic heterocycles. The predicted octanol–water partition coefficient (Wildman–Crippen LogP) is 5.32. The zero-order valence-electron chi connectivity index (χ0n) is 24.9. The lowest BCUT2D eigenvalue weighted by atomic mass is 9.89. The number of amides is 3. The third-order valence-corrected chi connectivity index (χ3v) is 8.11. The van der Waals surface area contributed by atoms with Gasteiger partial charge >= 0.3 is 0 Å². The molecule has 0 heterocycles. The van der Waals surface area contributed by atoms with E-state index in [9.17, 15) is 14.4 Å². The highest BCUT2D eigenvalue weighted by molar-refractivity contribution is 6.38. The summed E-state index contributed by atoms with van der Waals surface area (Å²) >= 11 is 13.3. The molecule has 0 unspecified atom stereocenters. The molecular formula is C35H36Cl2N4O4. The summed E-state index contributed by atoms with van der Waals surface area (Å²) in [5, 5.41) is 6.08. The molecule has 10 heteroatoms. The van der Waals surface area contributed by atoms with E-state index in [0.717, 1.165) is 22.3 Å². The van der Waals surface area contributed by atoms with Crippen molar-refractivity contribution in [3.05, 3.63) is 134 Å². The lowest BCUT2D eigenvalue weighted by Gasteiger charge is -2.25. The average molecular weight is 648 g/mol. The Hall–Kier alpha value is -4.37. The summed E-state index contributed by atoms with van der Waals surface area (Å²) in [6.45, 7) is 3.09. The normalized spacial score (nSPS) is 12.2. The van der Waals surface area contributed by atoms with Gasteiger partial charge in [0.1, 0.15) is 11.8 Å². The Bertz CT molecular complexity index is 1610. The molecule has 0 fully saturated rings. The van der Waals surface area contributed by atoms with Gasteiger partial charge in [0.25, 0.3) is 0 Å². The molecule has 0 radical (unpaired) electrons. The van der Waals surface area contributed by atoms with E-state index in [1.165, 1.54) is 12.1 Å². The van der Waals surface area contributed by atoms with Crippen LogP contribution in [0, 0.1) is 0 Å². The number of carbonyl (C=O) groups excluding carboxylic acids is 3. The zero-order chi connectivity index (χ0) is 32.3. The van der Waals surface area contributed by atoms with Crippen LogP contribution in [0.25, 0.3) is 0 Å². The van der Waals surface area contributed by atoms with Gasteiger partial charge in [0.05, 0.1) is 23.1 Å². The molecule has 0 spiro atoms. The van der Waals surface area contributed by atoms with Crippen molar-refractivity contribution in [1.29, 1.82) is 0 Å². The van der Waals surface area contributed by atoms with E-state index in [1.807, 2.05) is 85.8 Å². The molecule has 2 atom stereocenters. The maximum atomic E-state index is 14.2. The second kappa shape index (κ2) is 16.1. The first-order chi connectivity index (χ1) is 21.7. The third-order valence-electron chi connectivity index (χ3n) is 7.37. The summed E-state index contributed by atoms with van der Waals surface area (Å²) in [5.41, 5.74) is 15.1. The van der Waals surface area contributed by atoms with Crippen molar-refractivity contribution in [1.82, 2.24) is 10.6 Å². The van der Waals surface area contributed by atoms with Gasteiger partial charge in [-0.3, -0.25) is 14.4 Å². The smallest absolute Gasteiger partial charge is 0.250 e. The van der Waals surface area contributed by atoms with E-state index in [4.69, 9.17) is 39.4 Å². The van der Waals surface area contributed by atoms with Crippen LogP contribution in [-0.2, 0) is 35.5 Å². The third kappa shape index (κ3) is 9.08. The van der Waals surface area contributed by atoms with Crippen LogP contribution in [0.4, 0.5) is 0 Å². The standard InChI is InChI=1S/C35H36Cl2N4O4/c1-2-45-26-14-12-23(13-15-26)18-28(31-29(36)17-16-27(32(31)37)33(39)42)34(43)41-30(19-22-6-4-3-5-7-22)35(44)40-21-25-10-8-24(20-38)9-11-25/h3-17,28,30H,2,18-21,38H2,1H3,(H2,39,42)(H,40,44)(H,41,43)/t28-,30+/m1/s1. The summed E-state index contributed by atoms with van der Waals surface area (Å²) in [6, 6.07) is 26.3. The van der Waals surface area contributed by atoms with Crippen molar-refractivity contribution in [2.45, 2.75) is 44.8 Å². The summed E-state index contributed by atoms with van der Waals surface area (Å²) < 4.78 is 5.56. The number of hydrogen-bond donors (Lipinski definition) is 4. The first-order valence-corrected chi connectivity index (χ1v) is 15.3. The van der Waals surface area contributed by atoms with Crippen molar-refractivity contribution in [3.8, 4) is 5.75 Å². The molecule has 234 valence electrons. The molecule has 4 rings (SSSR count). The minimum Gasteiger partial charge on any atom is -0.494 e. The number of benzene rings is 4. The van der Waals surface area contributed by atoms with Crippen LogP contribution >= 0.6 is 23.2 Å². The molecule has 4 aromatic carbocycles. The number of nitrogens with one attached hydrogen (secondary N) is 2. The average Bonchev–Trinajstić information content (AvgIpc) is 3.04. The van der Waals surface area contributed by atoms with E-state index in [1.54, 1.807) is 0 Å². The van der Waals surface area contributed by atoms with Crippen LogP contribution in [0.15, 0.2) is 91.0 Å². The van der Waals surface area contributed by atoms with Gasteiger partial charge < -0.3 is 26.8 Å². The number of nitrogens with two attached hydrogens (primary N) is 2. The Balaban J connectivity index is 1.65. The van der Waals surface area contributed by atoms with E-state index >= 15 is 0 Å². The highest BCUT2D eigenvalue weighted by atomic mass is 35.5. The second-order valence-corrected chi connectivity index (χ2v) is 11.3. The number of primary amides is 1. The van der Waals surface area contributed by atoms with Crippen LogP contribution in [0.2, 0.25) is 10.0 Å². The minimum absolute atomic E-state index is 0.00827. The highest BCUT2D eigenvalue weighted by Gasteiger charge is 2.31. The predicted molar refractivity (Wildman–Crippen MR) is 177 cm³/mol. The van der Waals surface area contributed by atoms with Gasteiger partial charge in [0.15, 0.2) is 0 Å². The van der Waals surface area contributed by atoms with Gasteiger partial charge in [-0.1, -0.05) is 89.9 Å². The lowest BCUT2D eigenvalue weighted by Crippen LogP contribution is -2.49. The summed E-state index contributed by atoms with van der Waals surface area (Å²) in [7, 11) is 0. The molecule has 4 aromatic rings. The van der Waals surface area contributed by atoms with Crippen molar-refractivity contribution < 1.29 is 19.1 Å². The van der Waals surface area contributed by atoms with Crippen LogP contribution in [0.5, 0.6) is 5.75 Å². The second-order valence-electron chi connectivity index (χ2n) is 10.5. The fourth-order valence-electron chi connectivity index (χ4n) is 4.97. The molecule has 3 amide bonds. The molecule has 6 N–H and O–H groups in total. The van der Waals surface area contributed by atoms with E-state index in [2.05, 4.69) is 10.6 Å². The van der Waals surface area contributed by atoms with Crippen LogP contribution in [-0.4, -0.2) is 30.4 Å². The van der Waals surface area contributed by atoms with Crippen molar-refractivity contribution >= 4 is 40.9 Å². The Kier molecular flexibility index (Phi) is 12.0. The number of rotatable bonds is 14. The number of hydrogen-bond acceptors (Lipinski definition) is 5. The molecule has 0 saturated heterocycles. The summed E-state index contributed by atoms with van der Waals surface area (Å²) in [5.74, 6) is -1.88. The Morgan fingerprint density at radius 1 is 0.778 bits per heavy atom. The first-order valence-electron chi connectivity index (χ1n) is 14.6. The number of ether oxygens (including phenoxy) is 1. The van der Waals surface area contributed by atoms with Gasteiger partial charge in [0.2, 0.25) is 17.7 Å². The zero-order valence-corrected chi connectivity index (χ0v) is 26.4. The molecule has 45 heavy (non-hydrogen) atoms. The topological polar surface area (TPSA) is 137 Å². The Morgan fingerprint density at radius 3 is 2.02 bits per heavy atom. The molecule has 0 saturated carbocycles. The van der Waals surface area contributed by atoms with E-state index < -0.39 is 23.8 Å². The minimum atomic E-state index is -0.961. The lowest BCUT2D eigenvalue weighted by molar-refractivity contribution is -0.129. The van der Waals surface area contributed by atoms with Crippen LogP contribution in [0.1, 0.15) is 51.0 Å². The first kappa shape index (κ1) is 33.5. The Labute approximate surface area is 273 Å². The molecular weight excluding hydrogens is 611 g/mol. The molecule has 8 nitrogen and oxygen atoms in total. The molecule has 0 aromatic heterocycles. The van der Waals surface area contributed by atoms with Crippen LogP contribution < -0.4 is 26.8 Å². The van der Waals surface area contributed by atoms with Gasteiger partial charge in [-0.15, -0.1) is 0 Å². The fraction of sp³-hybridized carbons (Fsp3) is 0.229. The molecule has 0 bridgehead atoms. The molecule has 0 aliphatic carbocycles. The fourth-order valence-corrected chi connectivity index (χ4v) is 5.69. The van der Waals surface area contributed by atoms with Crippen molar-refractivity contribution in [2.75, 3.05) is 6.61 Å². The van der Waals surface area contributed by atoms with Gasteiger partial charge in [0, 0.05) is 30.1 Å². The SMILES string of the molecule is CCOc1ccc(C[C@@H](C(=O)N[C@@H](Cc2ccccc2)C(=O)NCc2ccc(CN)cc2)c2c(Cl)ccc(C(N)=O)c2Cl)cc1. The highest BCUT2D eigenvalue weighted by Crippen LogP contribution is 2.36. The largest absolute Gasteiger partial charge is 0.494 e. The number of halogens is 2. The van der Waals surface area contributed by atoms with Crippen molar-refractivity contribution in [3.63, 3.8) is 0 Å². The number of carbonyl (C=O) groups is 3. The quantitative estimate of drug-likeness (QED) is 0.147. The van der Waals surface area contributed by atoms with E-state index in [0.29, 0.717) is 18.9 Å². The Morgan fingerprint density at radius 2 is 1.40 bits per heavy atom. The van der Waals surface area contributed by atoms with Gasteiger partial charge in [-0.2, -0.15) is 0 Å². The van der Waals surface area contributed by atoms with E-state index in [-0.39, 0.29) is 46.5 Å². The van der Waals surface area contributed by atoms with Crippen molar-refractivity contribution in [2.24, 2.45) is 11.5 Å². The van der Waals surface area contributed by atoms with Gasteiger partial charge in [-0.05, 0) is 59.9 Å². The summed E-state index contributed by atoms with van der Waals surface area (Å²) in [6.07, 6.45) is 0.413.